The first-order valence-corrected chi connectivity index (χ1v) is 14.8. The van der Waals surface area contributed by atoms with Crippen LogP contribution in [0.5, 0.6) is 11.5 Å². The number of benzene rings is 1. The van der Waals surface area contributed by atoms with Crippen LogP contribution in [0.4, 0.5) is 4.79 Å². The van der Waals surface area contributed by atoms with E-state index in [0.717, 1.165) is 31.8 Å². The van der Waals surface area contributed by atoms with Gasteiger partial charge < -0.3 is 42.7 Å². The first-order chi connectivity index (χ1) is 17.9. The van der Waals surface area contributed by atoms with Crippen LogP contribution in [0.25, 0.3) is 6.08 Å². The molecule has 0 aromatic heterocycles. The summed E-state index contributed by atoms with van der Waals surface area (Å²) in [6, 6.07) is 5.82. The molecule has 0 unspecified atom stereocenters. The summed E-state index contributed by atoms with van der Waals surface area (Å²) in [5.74, 6) is -0.136. The molecule has 1 rings (SSSR count). The van der Waals surface area contributed by atoms with E-state index >= 15 is 0 Å². The molecule has 0 atom stereocenters. The van der Waals surface area contributed by atoms with Crippen LogP contribution in [0.2, 0.25) is 6.04 Å². The highest BCUT2D eigenvalue weighted by Crippen LogP contribution is 2.28. The number of carbonyl (C=O) groups is 2. The zero-order valence-electron chi connectivity index (χ0n) is 22.5. The molecule has 0 fully saturated rings. The van der Waals surface area contributed by atoms with Gasteiger partial charge in [0.05, 0.1) is 26.3 Å². The van der Waals surface area contributed by atoms with E-state index in [0.29, 0.717) is 69.1 Å². The maximum Gasteiger partial charge on any atom is 0.500 e. The number of nitrogens with one attached hydrogen (secondary N) is 1. The number of hydrogen-bond donors (Lipinski definition) is 1. The molecule has 1 amide bonds. The second-order valence-corrected chi connectivity index (χ2v) is 10.7. The predicted octanol–water partition coefficient (Wildman–Crippen LogP) is 3.56. The summed E-state index contributed by atoms with van der Waals surface area (Å²) in [5, 5.41) is 13.4. The van der Waals surface area contributed by atoms with Crippen LogP contribution in [0.15, 0.2) is 24.3 Å². The Hall–Kier alpha value is -2.60. The second-order valence-electron chi connectivity index (χ2n) is 7.97. The summed E-state index contributed by atoms with van der Waals surface area (Å²) < 4.78 is 33.8. The number of amides is 1. The molecule has 0 spiro atoms. The highest BCUT2D eigenvalue weighted by Gasteiger charge is 2.39. The molecular formula is C26H42NO9Si-. The van der Waals surface area contributed by atoms with Gasteiger partial charge in [-0.2, -0.15) is 0 Å². The summed E-state index contributed by atoms with van der Waals surface area (Å²) >= 11 is 0. The molecule has 210 valence electrons. The molecule has 10 nitrogen and oxygen atoms in total. The molecule has 0 heterocycles. The molecule has 0 saturated carbocycles. The average molecular weight is 541 g/mol. The van der Waals surface area contributed by atoms with Gasteiger partial charge >= 0.3 is 14.9 Å². The summed E-state index contributed by atoms with van der Waals surface area (Å²) in [7, 11) is -1.14. The largest absolute Gasteiger partial charge is 0.545 e. The Morgan fingerprint density at radius 2 is 1.57 bits per heavy atom. The van der Waals surface area contributed by atoms with E-state index in [2.05, 4.69) is 5.32 Å². The Kier molecular flexibility index (Phi) is 17.1. The molecular weight excluding hydrogens is 498 g/mol. The second kappa shape index (κ2) is 19.5. The molecule has 0 saturated heterocycles. The van der Waals surface area contributed by atoms with Gasteiger partial charge in [-0.05, 0) is 76.6 Å². The molecule has 0 aliphatic carbocycles. The van der Waals surface area contributed by atoms with Gasteiger partial charge in [-0.25, -0.2) is 4.79 Å². The van der Waals surface area contributed by atoms with E-state index in [1.807, 2.05) is 20.8 Å². The molecule has 0 bridgehead atoms. The van der Waals surface area contributed by atoms with Crippen molar-refractivity contribution in [2.75, 3.05) is 46.7 Å². The summed E-state index contributed by atoms with van der Waals surface area (Å²) in [4.78, 5) is 22.5. The van der Waals surface area contributed by atoms with Crippen LogP contribution in [-0.2, 0) is 22.8 Å². The lowest BCUT2D eigenvalue weighted by Crippen LogP contribution is -2.46. The quantitative estimate of drug-likeness (QED) is 0.142. The lowest BCUT2D eigenvalue weighted by molar-refractivity contribution is -0.297. The van der Waals surface area contributed by atoms with Crippen molar-refractivity contribution in [3.8, 4) is 11.5 Å². The van der Waals surface area contributed by atoms with Crippen LogP contribution >= 0.6 is 0 Å². The molecule has 0 aliphatic heterocycles. The van der Waals surface area contributed by atoms with Crippen molar-refractivity contribution < 1.29 is 42.2 Å². The number of unbranched alkanes of at least 4 members (excludes halogenated alkanes) is 3. The molecule has 11 heteroatoms. The number of ether oxygens (including phenoxy) is 3. The maximum absolute atomic E-state index is 11.9. The minimum absolute atomic E-state index is 0.350. The number of carboxylic acids is 1. The monoisotopic (exact) mass is 540 g/mol. The van der Waals surface area contributed by atoms with Gasteiger partial charge in [0, 0.05) is 32.4 Å². The van der Waals surface area contributed by atoms with E-state index < -0.39 is 20.9 Å². The molecule has 0 radical (unpaired) electrons. The summed E-state index contributed by atoms with van der Waals surface area (Å²) in [6.45, 7) is 8.64. The Morgan fingerprint density at radius 1 is 0.919 bits per heavy atom. The highest BCUT2D eigenvalue weighted by atomic mass is 28.4. The normalized spacial score (nSPS) is 11.5. The van der Waals surface area contributed by atoms with Crippen LogP contribution < -0.4 is 19.9 Å². The number of rotatable bonds is 21. The maximum atomic E-state index is 11.9. The van der Waals surface area contributed by atoms with E-state index in [4.69, 9.17) is 27.5 Å². The molecule has 37 heavy (non-hydrogen) atoms. The van der Waals surface area contributed by atoms with Crippen molar-refractivity contribution >= 4 is 26.9 Å². The number of carboxylic acid groups (broad SMARTS) is 1. The molecule has 1 aromatic rings. The minimum Gasteiger partial charge on any atom is -0.545 e. The van der Waals surface area contributed by atoms with Crippen LogP contribution in [-0.4, -0.2) is 67.6 Å². The lowest BCUT2D eigenvalue weighted by atomic mass is 10.2. The van der Waals surface area contributed by atoms with E-state index in [9.17, 15) is 14.7 Å². The fourth-order valence-electron chi connectivity index (χ4n) is 3.53. The average Bonchev–Trinajstić information content (AvgIpc) is 2.87. The number of carbonyl (C=O) groups excluding carboxylic acids is 2. The van der Waals surface area contributed by atoms with Crippen molar-refractivity contribution in [3.05, 3.63) is 29.8 Å². The number of alkyl carbamates (subject to hydrolysis) is 1. The van der Waals surface area contributed by atoms with Crippen molar-refractivity contribution in [3.63, 3.8) is 0 Å². The van der Waals surface area contributed by atoms with Gasteiger partial charge in [-0.1, -0.05) is 12.1 Å². The minimum atomic E-state index is -2.69. The topological polar surface area (TPSA) is 125 Å². The zero-order chi connectivity index (χ0) is 27.4. The van der Waals surface area contributed by atoms with Gasteiger partial charge in [0.15, 0.2) is 11.5 Å². The summed E-state index contributed by atoms with van der Waals surface area (Å²) in [5.41, 5.74) is 0.676. The molecule has 1 aromatic carbocycles. The van der Waals surface area contributed by atoms with Crippen molar-refractivity contribution in [2.45, 2.75) is 58.9 Å². The van der Waals surface area contributed by atoms with Gasteiger partial charge in [0.2, 0.25) is 0 Å². The van der Waals surface area contributed by atoms with Gasteiger partial charge in [0.1, 0.15) is 0 Å². The SMILES string of the molecule is CCO[Si](CCCNC(=O)OCCCCCCOc1cc(/C=C/C(=O)[O-])ccc1OC)(OCC)OCC. The zero-order valence-corrected chi connectivity index (χ0v) is 23.5. The van der Waals surface area contributed by atoms with E-state index in [1.54, 1.807) is 25.3 Å². The van der Waals surface area contributed by atoms with Crippen molar-refractivity contribution in [1.29, 1.82) is 0 Å². The third-order valence-electron chi connectivity index (χ3n) is 5.15. The fourth-order valence-corrected chi connectivity index (χ4v) is 6.14. The Morgan fingerprint density at radius 3 is 2.16 bits per heavy atom. The summed E-state index contributed by atoms with van der Waals surface area (Å²) in [6.07, 6.45) is 6.04. The standard InChI is InChI=1S/C26H43NO9Si/c1-5-34-37(35-6-2,36-7-3)20-12-17-27-26(30)33-19-11-9-8-10-18-32-24-21-22(14-16-25(28)29)13-15-23(24)31-4/h13-16,21H,5-12,17-20H2,1-4H3,(H,27,30)(H,28,29)/p-1/b16-14+. The fraction of sp³-hybridized carbons (Fsp3) is 0.615. The van der Waals surface area contributed by atoms with Gasteiger partial charge in [-0.15, -0.1) is 0 Å². The first kappa shape index (κ1) is 32.4. The smallest absolute Gasteiger partial charge is 0.500 e. The lowest BCUT2D eigenvalue weighted by Gasteiger charge is -2.28. The van der Waals surface area contributed by atoms with E-state index in [1.165, 1.54) is 6.08 Å². The van der Waals surface area contributed by atoms with E-state index in [-0.39, 0.29) is 0 Å². The molecule has 0 aliphatic rings. The first-order valence-electron chi connectivity index (χ1n) is 12.9. The highest BCUT2D eigenvalue weighted by molar-refractivity contribution is 6.60. The van der Waals surface area contributed by atoms with Crippen LogP contribution in [0, 0.1) is 0 Å². The predicted molar refractivity (Wildman–Crippen MR) is 140 cm³/mol. The Bertz CT molecular complexity index is 802. The van der Waals surface area contributed by atoms with Gasteiger partial charge in [-0.3, -0.25) is 0 Å². The third-order valence-corrected chi connectivity index (χ3v) is 8.30. The van der Waals surface area contributed by atoms with Crippen LogP contribution in [0.1, 0.15) is 58.4 Å². The third kappa shape index (κ3) is 14.1. The number of methoxy groups -OCH3 is 1. The van der Waals surface area contributed by atoms with Crippen molar-refractivity contribution in [2.24, 2.45) is 0 Å². The molecule has 1 N–H and O–H groups in total. The number of hydrogen-bond acceptors (Lipinski definition) is 9. The van der Waals surface area contributed by atoms with Crippen molar-refractivity contribution in [1.82, 2.24) is 5.32 Å². The number of aliphatic carboxylic acids is 1. The van der Waals surface area contributed by atoms with Gasteiger partial charge in [0.25, 0.3) is 0 Å². The van der Waals surface area contributed by atoms with Crippen LogP contribution in [0.3, 0.4) is 0 Å². The Balaban J connectivity index is 2.20. The Labute approximate surface area is 221 Å².